The highest BCUT2D eigenvalue weighted by Gasteiger charge is 2.41. The van der Waals surface area contributed by atoms with Crippen LogP contribution >= 0.6 is 0 Å². The van der Waals surface area contributed by atoms with Crippen LogP contribution < -0.4 is 10.4 Å². The summed E-state index contributed by atoms with van der Waals surface area (Å²) in [6.45, 7) is 7.47. The van der Waals surface area contributed by atoms with Gasteiger partial charge in [-0.3, -0.25) is 9.59 Å². The van der Waals surface area contributed by atoms with Crippen LogP contribution in [0.15, 0.2) is 44.0 Å². The van der Waals surface area contributed by atoms with E-state index in [0.717, 1.165) is 22.3 Å². The number of rotatable bonds is 1. The first-order valence-corrected chi connectivity index (χ1v) is 9.60. The molecular weight excluding hydrogens is 384 g/mol. The van der Waals surface area contributed by atoms with Crippen molar-refractivity contribution >= 4 is 33.7 Å². The van der Waals surface area contributed by atoms with Gasteiger partial charge in [-0.2, -0.15) is 0 Å². The number of hydrogen-bond donors (Lipinski definition) is 0. The molecule has 150 valence electrons. The van der Waals surface area contributed by atoms with E-state index in [9.17, 15) is 14.4 Å². The molecule has 5 rings (SSSR count). The van der Waals surface area contributed by atoms with Crippen LogP contribution in [0.1, 0.15) is 44.3 Å². The Labute approximate surface area is 171 Å². The summed E-state index contributed by atoms with van der Waals surface area (Å²) in [4.78, 5) is 38.5. The van der Waals surface area contributed by atoms with Gasteiger partial charge in [0.2, 0.25) is 0 Å². The van der Waals surface area contributed by atoms with Crippen LogP contribution in [0.25, 0.3) is 21.9 Å². The molecule has 0 saturated heterocycles. The monoisotopic (exact) mass is 402 g/mol. The number of carbonyl (C=O) groups excluding carboxylic acids is 2. The first-order valence-electron chi connectivity index (χ1n) is 9.60. The molecule has 2 aromatic heterocycles. The predicted molar refractivity (Wildman–Crippen MR) is 110 cm³/mol. The van der Waals surface area contributed by atoms with Crippen LogP contribution in [0, 0.1) is 27.7 Å². The van der Waals surface area contributed by atoms with Crippen molar-refractivity contribution in [1.29, 1.82) is 0 Å². The van der Waals surface area contributed by atoms with Gasteiger partial charge in [0.15, 0.2) is 17.3 Å². The summed E-state index contributed by atoms with van der Waals surface area (Å²) in [5, 5.41) is 0.801. The Morgan fingerprint density at radius 3 is 2.23 bits per heavy atom. The number of furan rings is 1. The normalized spacial score (nSPS) is 16.2. The Hall–Kier alpha value is -3.67. The standard InChI is InChI=1S/C24H18O6/c1-10-5-7-14-19(25)18(24(27)30-20(14)12(10)3)17-9-16-22(28-17)15-8-6-11(2)13(4)21(15)29-23(16)26/h5-9,18H,1-4H3. The number of fused-ring (bicyclic) bond motifs is 4. The maximum Gasteiger partial charge on any atom is 0.347 e. The summed E-state index contributed by atoms with van der Waals surface area (Å²) < 4.78 is 16.9. The van der Waals surface area contributed by atoms with E-state index >= 15 is 0 Å². The average Bonchev–Trinajstić information content (AvgIpc) is 3.14. The summed E-state index contributed by atoms with van der Waals surface area (Å²) in [5.41, 5.74) is 3.95. The quantitative estimate of drug-likeness (QED) is 0.199. The number of benzene rings is 2. The highest BCUT2D eigenvalue weighted by atomic mass is 16.5. The largest absolute Gasteiger partial charge is 0.459 e. The van der Waals surface area contributed by atoms with Crippen molar-refractivity contribution in [3.8, 4) is 5.75 Å². The SMILES string of the molecule is Cc1ccc2c(c1C)OC(=O)C(c1cc3c(=O)oc4c(C)c(C)ccc4c3o1)C2=O. The predicted octanol–water partition coefficient (Wildman–Crippen LogP) is 4.66. The summed E-state index contributed by atoms with van der Waals surface area (Å²) in [6, 6.07) is 8.58. The number of ketones is 1. The molecule has 0 N–H and O–H groups in total. The van der Waals surface area contributed by atoms with Crippen molar-refractivity contribution < 1.29 is 23.2 Å². The molecule has 0 spiro atoms. The molecule has 2 aromatic carbocycles. The van der Waals surface area contributed by atoms with Crippen molar-refractivity contribution in [2.24, 2.45) is 0 Å². The minimum absolute atomic E-state index is 0.0712. The molecular formula is C24H18O6. The molecule has 0 bridgehead atoms. The molecule has 4 aromatic rings. The van der Waals surface area contributed by atoms with Crippen molar-refractivity contribution in [2.45, 2.75) is 33.6 Å². The second kappa shape index (κ2) is 6.16. The fourth-order valence-electron chi connectivity index (χ4n) is 3.94. The number of aryl methyl sites for hydroxylation is 3. The molecule has 1 aliphatic heterocycles. The fraction of sp³-hybridized carbons (Fsp3) is 0.208. The Kier molecular flexibility index (Phi) is 3.77. The molecule has 1 unspecified atom stereocenters. The van der Waals surface area contributed by atoms with Crippen molar-refractivity contribution in [3.63, 3.8) is 0 Å². The second-order valence-corrected chi connectivity index (χ2v) is 7.77. The number of hydrogen-bond acceptors (Lipinski definition) is 6. The van der Waals surface area contributed by atoms with Crippen molar-refractivity contribution in [3.05, 3.63) is 74.3 Å². The molecule has 6 heteroatoms. The first kappa shape index (κ1) is 18.4. The minimum Gasteiger partial charge on any atom is -0.459 e. The van der Waals surface area contributed by atoms with Gasteiger partial charge in [-0.05, 0) is 68.1 Å². The second-order valence-electron chi connectivity index (χ2n) is 7.77. The van der Waals surface area contributed by atoms with E-state index < -0.39 is 23.3 Å². The number of esters is 1. The van der Waals surface area contributed by atoms with Gasteiger partial charge < -0.3 is 13.6 Å². The summed E-state index contributed by atoms with van der Waals surface area (Å²) >= 11 is 0. The van der Waals surface area contributed by atoms with Crippen LogP contribution in [-0.4, -0.2) is 11.8 Å². The van der Waals surface area contributed by atoms with Gasteiger partial charge in [-0.25, -0.2) is 4.79 Å². The average molecular weight is 402 g/mol. The van der Waals surface area contributed by atoms with Gasteiger partial charge in [0.05, 0.1) is 10.9 Å². The molecule has 0 fully saturated rings. The third kappa shape index (κ3) is 2.40. The van der Waals surface area contributed by atoms with Crippen LogP contribution in [0.4, 0.5) is 0 Å². The van der Waals surface area contributed by atoms with E-state index in [1.54, 1.807) is 19.1 Å². The summed E-state index contributed by atoms with van der Waals surface area (Å²) in [6.07, 6.45) is 0. The molecule has 1 aliphatic rings. The van der Waals surface area contributed by atoms with Gasteiger partial charge in [-0.15, -0.1) is 0 Å². The van der Waals surface area contributed by atoms with Crippen molar-refractivity contribution in [1.82, 2.24) is 0 Å². The van der Waals surface area contributed by atoms with Crippen LogP contribution in [0.5, 0.6) is 5.75 Å². The van der Waals surface area contributed by atoms with Gasteiger partial charge in [-0.1, -0.05) is 12.1 Å². The fourth-order valence-corrected chi connectivity index (χ4v) is 3.94. The lowest BCUT2D eigenvalue weighted by Crippen LogP contribution is -2.32. The van der Waals surface area contributed by atoms with Gasteiger partial charge >= 0.3 is 11.6 Å². The number of carbonyl (C=O) groups is 2. The molecule has 0 amide bonds. The molecule has 6 nitrogen and oxygen atoms in total. The highest BCUT2D eigenvalue weighted by molar-refractivity contribution is 6.17. The topological polar surface area (TPSA) is 86.7 Å². The van der Waals surface area contributed by atoms with E-state index in [0.29, 0.717) is 22.1 Å². The number of Topliss-reactive ketones (excluding diaryl/α,β-unsaturated/α-hetero) is 1. The molecule has 0 saturated carbocycles. The zero-order valence-electron chi connectivity index (χ0n) is 16.9. The van der Waals surface area contributed by atoms with E-state index in [2.05, 4.69) is 0 Å². The Bertz CT molecular complexity index is 1470. The maximum atomic E-state index is 13.2. The lowest BCUT2D eigenvalue weighted by Gasteiger charge is -2.23. The van der Waals surface area contributed by atoms with Crippen LogP contribution in [0.2, 0.25) is 0 Å². The van der Waals surface area contributed by atoms with Gasteiger partial charge in [0.25, 0.3) is 0 Å². The third-order valence-electron chi connectivity index (χ3n) is 6.01. The van der Waals surface area contributed by atoms with Crippen molar-refractivity contribution in [2.75, 3.05) is 0 Å². The molecule has 3 heterocycles. The third-order valence-corrected chi connectivity index (χ3v) is 6.01. The highest BCUT2D eigenvalue weighted by Crippen LogP contribution is 2.39. The zero-order valence-corrected chi connectivity index (χ0v) is 16.9. The summed E-state index contributed by atoms with van der Waals surface area (Å²) in [7, 11) is 0. The maximum absolute atomic E-state index is 13.2. The zero-order chi connectivity index (χ0) is 21.3. The Morgan fingerprint density at radius 1 is 0.767 bits per heavy atom. The molecule has 1 atom stereocenters. The van der Waals surface area contributed by atoms with Gasteiger partial charge in [0.1, 0.15) is 22.5 Å². The lowest BCUT2D eigenvalue weighted by molar-refractivity contribution is -0.135. The smallest absolute Gasteiger partial charge is 0.347 e. The molecule has 30 heavy (non-hydrogen) atoms. The number of ether oxygens (including phenoxy) is 1. The summed E-state index contributed by atoms with van der Waals surface area (Å²) in [5.74, 6) is -2.05. The Morgan fingerprint density at radius 2 is 1.47 bits per heavy atom. The first-order chi connectivity index (χ1) is 14.3. The van der Waals surface area contributed by atoms with Gasteiger partial charge in [0, 0.05) is 0 Å². The Balaban J connectivity index is 1.73. The van der Waals surface area contributed by atoms with Crippen LogP contribution in [0.3, 0.4) is 0 Å². The van der Waals surface area contributed by atoms with E-state index in [-0.39, 0.29) is 16.9 Å². The van der Waals surface area contributed by atoms with E-state index in [4.69, 9.17) is 13.6 Å². The minimum atomic E-state index is -1.27. The van der Waals surface area contributed by atoms with E-state index in [1.807, 2.05) is 32.9 Å². The van der Waals surface area contributed by atoms with Crippen LogP contribution in [-0.2, 0) is 4.79 Å². The molecule has 0 aliphatic carbocycles. The van der Waals surface area contributed by atoms with E-state index in [1.165, 1.54) is 6.07 Å². The lowest BCUT2D eigenvalue weighted by atomic mass is 9.90. The molecule has 0 radical (unpaired) electrons.